The van der Waals surface area contributed by atoms with Gasteiger partial charge >= 0.3 is 0 Å². The van der Waals surface area contributed by atoms with Gasteiger partial charge in [0.15, 0.2) is 0 Å². The summed E-state index contributed by atoms with van der Waals surface area (Å²) in [5, 5.41) is 0. The first-order chi connectivity index (χ1) is 26.3. The molecular formula is C52H56N2. The van der Waals surface area contributed by atoms with Crippen molar-refractivity contribution < 1.29 is 0 Å². The Balaban J connectivity index is 1.41. The van der Waals surface area contributed by atoms with Crippen LogP contribution in [0.2, 0.25) is 0 Å². The molecule has 0 bridgehead atoms. The number of para-hydroxylation sites is 3. The van der Waals surface area contributed by atoms with E-state index in [0.29, 0.717) is 0 Å². The molecule has 0 heterocycles. The van der Waals surface area contributed by atoms with Crippen LogP contribution in [0, 0.1) is 27.7 Å². The van der Waals surface area contributed by atoms with E-state index < -0.39 is 0 Å². The van der Waals surface area contributed by atoms with E-state index in [1.54, 1.807) is 0 Å². The Morgan fingerprint density at radius 3 is 1.69 bits per heavy atom. The molecule has 1 atom stereocenters. The van der Waals surface area contributed by atoms with E-state index in [1.165, 1.54) is 97.0 Å². The van der Waals surface area contributed by atoms with E-state index in [0.717, 1.165) is 32.1 Å². The van der Waals surface area contributed by atoms with Gasteiger partial charge in [0, 0.05) is 28.2 Å². The quantitative estimate of drug-likeness (QED) is 0.110. The summed E-state index contributed by atoms with van der Waals surface area (Å²) in [4.78, 5) is 4.95. The van der Waals surface area contributed by atoms with Crippen molar-refractivity contribution >= 4 is 34.1 Å². The summed E-state index contributed by atoms with van der Waals surface area (Å²) in [5.74, 6) is 0. The molecule has 2 nitrogen and oxygen atoms in total. The van der Waals surface area contributed by atoms with Crippen LogP contribution in [0.4, 0.5) is 34.1 Å². The summed E-state index contributed by atoms with van der Waals surface area (Å²) < 4.78 is 0. The van der Waals surface area contributed by atoms with Crippen LogP contribution in [0.1, 0.15) is 84.9 Å². The molecule has 0 saturated heterocycles. The van der Waals surface area contributed by atoms with E-state index in [4.69, 9.17) is 0 Å². The molecular weight excluding hydrogens is 653 g/mol. The summed E-state index contributed by atoms with van der Waals surface area (Å²) in [7, 11) is 0. The number of aryl methyl sites for hydroxylation is 5. The van der Waals surface area contributed by atoms with Gasteiger partial charge in [-0.05, 0) is 158 Å². The number of anilines is 6. The average molecular weight is 709 g/mol. The number of benzene rings is 6. The molecule has 6 aromatic rings. The van der Waals surface area contributed by atoms with Crippen LogP contribution in [-0.2, 0) is 18.3 Å². The lowest BCUT2D eigenvalue weighted by Gasteiger charge is -2.41. The lowest BCUT2D eigenvalue weighted by molar-refractivity contribution is 0.386. The predicted octanol–water partition coefficient (Wildman–Crippen LogP) is 15.0. The van der Waals surface area contributed by atoms with Crippen LogP contribution in [0.25, 0.3) is 11.1 Å². The molecule has 7 rings (SSSR count). The predicted molar refractivity (Wildman–Crippen MR) is 234 cm³/mol. The monoisotopic (exact) mass is 708 g/mol. The van der Waals surface area contributed by atoms with Crippen molar-refractivity contribution in [3.63, 3.8) is 0 Å². The third-order valence-corrected chi connectivity index (χ3v) is 11.5. The van der Waals surface area contributed by atoms with E-state index in [9.17, 15) is 0 Å². The molecule has 54 heavy (non-hydrogen) atoms. The highest BCUT2D eigenvalue weighted by molar-refractivity contribution is 5.87. The molecule has 0 unspecified atom stereocenters. The molecule has 0 saturated carbocycles. The molecule has 1 aliphatic carbocycles. The van der Waals surface area contributed by atoms with Gasteiger partial charge in [-0.1, -0.05) is 112 Å². The summed E-state index contributed by atoms with van der Waals surface area (Å²) >= 11 is 0. The summed E-state index contributed by atoms with van der Waals surface area (Å²) in [6.45, 7) is 18.0. The second kappa shape index (κ2) is 15.9. The minimum atomic E-state index is -0.0694. The summed E-state index contributed by atoms with van der Waals surface area (Å²) in [5.41, 5.74) is 19.4. The largest absolute Gasteiger partial charge is 0.310 e. The Kier molecular flexibility index (Phi) is 10.9. The first-order valence-electron chi connectivity index (χ1n) is 20.0. The zero-order valence-corrected chi connectivity index (χ0v) is 33.3. The zero-order valence-electron chi connectivity index (χ0n) is 33.3. The zero-order chi connectivity index (χ0) is 37.8. The highest BCUT2D eigenvalue weighted by Gasteiger charge is 2.38. The van der Waals surface area contributed by atoms with Gasteiger partial charge in [0.25, 0.3) is 0 Å². The number of nitrogens with zero attached hydrogens (tertiary/aromatic N) is 2. The molecule has 6 aromatic carbocycles. The molecule has 0 amide bonds. The number of hydrogen-bond donors (Lipinski definition) is 0. The molecule has 274 valence electrons. The fourth-order valence-corrected chi connectivity index (χ4v) is 9.25. The van der Waals surface area contributed by atoms with Crippen LogP contribution < -0.4 is 9.80 Å². The van der Waals surface area contributed by atoms with Crippen LogP contribution in [0.5, 0.6) is 0 Å². The van der Waals surface area contributed by atoms with Gasteiger partial charge in [-0.25, -0.2) is 0 Å². The lowest BCUT2D eigenvalue weighted by Crippen LogP contribution is -2.32. The van der Waals surface area contributed by atoms with Gasteiger partial charge in [0.1, 0.15) is 0 Å². The lowest BCUT2D eigenvalue weighted by atomic mass is 9.64. The molecule has 0 fully saturated rings. The Labute approximate surface area is 324 Å². The minimum Gasteiger partial charge on any atom is -0.310 e. The first kappa shape index (κ1) is 37.0. The Morgan fingerprint density at radius 2 is 1.13 bits per heavy atom. The van der Waals surface area contributed by atoms with Gasteiger partial charge in [-0.2, -0.15) is 0 Å². The van der Waals surface area contributed by atoms with Gasteiger partial charge in [0.05, 0.1) is 11.4 Å². The topological polar surface area (TPSA) is 6.48 Å². The third-order valence-electron chi connectivity index (χ3n) is 11.5. The first-order valence-corrected chi connectivity index (χ1v) is 20.0. The molecule has 0 radical (unpaired) electrons. The van der Waals surface area contributed by atoms with E-state index >= 15 is 0 Å². The van der Waals surface area contributed by atoms with Crippen molar-refractivity contribution in [1.82, 2.24) is 0 Å². The van der Waals surface area contributed by atoms with Gasteiger partial charge in [0.2, 0.25) is 0 Å². The van der Waals surface area contributed by atoms with Gasteiger partial charge < -0.3 is 9.80 Å². The highest BCUT2D eigenvalue weighted by Crippen LogP contribution is 2.52. The van der Waals surface area contributed by atoms with Crippen molar-refractivity contribution in [3.05, 3.63) is 179 Å². The second-order valence-corrected chi connectivity index (χ2v) is 15.5. The highest BCUT2D eigenvalue weighted by atomic mass is 15.2. The molecule has 0 aliphatic heterocycles. The normalized spacial score (nSPS) is 14.6. The van der Waals surface area contributed by atoms with Crippen LogP contribution in [-0.4, -0.2) is 0 Å². The Bertz CT molecular complexity index is 2210. The molecule has 2 heteroatoms. The number of fused-ring (bicyclic) bond motifs is 3. The fourth-order valence-electron chi connectivity index (χ4n) is 9.25. The molecule has 0 spiro atoms. The standard InChI is InChI=1S/C52H56N2/c1-8-11-21-41-32-39(6)51(40(7)33-41)54(44-24-16-13-17-25-44)46-27-29-48-47-28-26-45(34-42(47)36-52(30-9-2,31-10-3)49(48)35-46)53(43-22-14-12-15-23-43)50-37(4)19-18-20-38(50)5/h9,12-20,22-29,32-35H,2,8,10-11,21,30-31,36H2,1,3-7H3/t52-/m1/s1. The number of allylic oxidation sites excluding steroid dienone is 1. The summed E-state index contributed by atoms with van der Waals surface area (Å²) in [6, 6.07) is 47.7. The van der Waals surface area contributed by atoms with E-state index in [2.05, 4.69) is 191 Å². The minimum absolute atomic E-state index is 0.0694. The number of rotatable bonds is 13. The third kappa shape index (κ3) is 7.03. The van der Waals surface area contributed by atoms with Crippen LogP contribution in [0.3, 0.4) is 0 Å². The fraction of sp³-hybridized carbons (Fsp3) is 0.269. The maximum atomic E-state index is 4.34. The van der Waals surface area contributed by atoms with E-state index in [-0.39, 0.29) is 5.41 Å². The maximum absolute atomic E-state index is 4.34. The smallest absolute Gasteiger partial charge is 0.0520 e. The van der Waals surface area contributed by atoms with E-state index in [1.807, 2.05) is 0 Å². The molecule has 0 N–H and O–H groups in total. The van der Waals surface area contributed by atoms with Gasteiger partial charge in [-0.3, -0.25) is 0 Å². The van der Waals surface area contributed by atoms with Crippen LogP contribution in [0.15, 0.2) is 140 Å². The van der Waals surface area contributed by atoms with Crippen molar-refractivity contribution in [1.29, 1.82) is 0 Å². The molecule has 0 aromatic heterocycles. The van der Waals surface area contributed by atoms with Crippen molar-refractivity contribution in [2.45, 2.75) is 91.9 Å². The Morgan fingerprint density at radius 1 is 0.574 bits per heavy atom. The number of unbranched alkanes of at least 4 members (excludes halogenated alkanes) is 1. The van der Waals surface area contributed by atoms with Crippen molar-refractivity contribution in [3.8, 4) is 11.1 Å². The Hall–Kier alpha value is -5.34. The maximum Gasteiger partial charge on any atom is 0.0520 e. The average Bonchev–Trinajstić information content (AvgIpc) is 3.17. The second-order valence-electron chi connectivity index (χ2n) is 15.5. The number of hydrogen-bond acceptors (Lipinski definition) is 2. The van der Waals surface area contributed by atoms with Crippen LogP contribution >= 0.6 is 0 Å². The van der Waals surface area contributed by atoms with Crippen molar-refractivity contribution in [2.24, 2.45) is 0 Å². The molecule has 1 aliphatic rings. The van der Waals surface area contributed by atoms with Crippen molar-refractivity contribution in [2.75, 3.05) is 9.80 Å². The summed E-state index contributed by atoms with van der Waals surface area (Å²) in [6.07, 6.45) is 9.79. The van der Waals surface area contributed by atoms with Gasteiger partial charge in [-0.15, -0.1) is 6.58 Å². The SMILES string of the molecule is C=CC[C@@]1(CCC)Cc2cc(N(c3ccccc3)c3c(C)cccc3C)ccc2-c2ccc(N(c3ccccc3)c3c(C)cc(CCCC)cc3C)cc21.